The van der Waals surface area contributed by atoms with Crippen LogP contribution in [-0.2, 0) is 4.74 Å². The fourth-order valence-corrected chi connectivity index (χ4v) is 6.25. The van der Waals surface area contributed by atoms with Crippen molar-refractivity contribution in [1.82, 2.24) is 20.0 Å². The van der Waals surface area contributed by atoms with Crippen LogP contribution in [0.1, 0.15) is 36.0 Å². The predicted molar refractivity (Wildman–Crippen MR) is 153 cm³/mol. The van der Waals surface area contributed by atoms with E-state index in [1.165, 1.54) is 12.8 Å². The van der Waals surface area contributed by atoms with E-state index in [2.05, 4.69) is 38.0 Å². The first kappa shape index (κ1) is 25.9. The van der Waals surface area contributed by atoms with Crippen LogP contribution in [0, 0.1) is 0 Å². The van der Waals surface area contributed by atoms with Crippen LogP contribution in [0.4, 0.5) is 11.5 Å². The largest absolute Gasteiger partial charge is 0.489 e. The monoisotopic (exact) mass is 533 g/mol. The summed E-state index contributed by atoms with van der Waals surface area (Å²) >= 11 is 0. The van der Waals surface area contributed by atoms with E-state index < -0.39 is 5.91 Å². The molecule has 10 nitrogen and oxygen atoms in total. The van der Waals surface area contributed by atoms with Gasteiger partial charge in [0, 0.05) is 45.1 Å². The molecule has 1 aromatic heterocycles. The highest BCUT2D eigenvalue weighted by Gasteiger charge is 2.28. The van der Waals surface area contributed by atoms with Gasteiger partial charge in [-0.15, -0.1) is 0 Å². The molecule has 208 valence electrons. The summed E-state index contributed by atoms with van der Waals surface area (Å²) < 4.78 is 11.9. The maximum atomic E-state index is 12.4. The first-order valence-corrected chi connectivity index (χ1v) is 14.1. The Kier molecular flexibility index (Phi) is 7.33. The molecule has 2 aromatic carbocycles. The van der Waals surface area contributed by atoms with Gasteiger partial charge in [-0.05, 0) is 68.4 Å². The maximum Gasteiger partial charge on any atom is 0.250 e. The van der Waals surface area contributed by atoms with Crippen molar-refractivity contribution in [2.45, 2.75) is 37.8 Å². The fourth-order valence-electron chi connectivity index (χ4n) is 6.25. The number of benzene rings is 2. The third-order valence-corrected chi connectivity index (χ3v) is 8.57. The number of hydrogen-bond donors (Lipinski definition) is 3. The molecule has 0 unspecified atom stereocenters. The molecule has 39 heavy (non-hydrogen) atoms. The van der Waals surface area contributed by atoms with Crippen LogP contribution >= 0.6 is 0 Å². The summed E-state index contributed by atoms with van der Waals surface area (Å²) in [4.78, 5) is 19.8. The second kappa shape index (κ2) is 11.0. The van der Waals surface area contributed by atoms with Crippen LogP contribution in [0.3, 0.4) is 0 Å². The van der Waals surface area contributed by atoms with Gasteiger partial charge in [0.05, 0.1) is 35.4 Å². The van der Waals surface area contributed by atoms with E-state index in [1.807, 2.05) is 24.3 Å². The van der Waals surface area contributed by atoms with Gasteiger partial charge in [-0.25, -0.2) is 0 Å². The SMILES string of the molecule is CN1CCC(N2CCN(c3cc(-c4cc(OC5CCOCC5)c5c(N)n[nH]c5c4)ccc3C(N)=O)CC2)CC1. The van der Waals surface area contributed by atoms with Gasteiger partial charge in [-0.2, -0.15) is 5.10 Å². The van der Waals surface area contributed by atoms with E-state index in [9.17, 15) is 4.79 Å². The summed E-state index contributed by atoms with van der Waals surface area (Å²) in [6.07, 6.45) is 4.18. The number of aromatic nitrogens is 2. The predicted octanol–water partition coefficient (Wildman–Crippen LogP) is 2.69. The van der Waals surface area contributed by atoms with Crippen LogP contribution in [-0.4, -0.2) is 97.6 Å². The number of ether oxygens (including phenoxy) is 2. The number of primary amides is 1. The summed E-state index contributed by atoms with van der Waals surface area (Å²) in [6, 6.07) is 10.6. The minimum Gasteiger partial charge on any atom is -0.489 e. The molecular formula is C29H39N7O3. The number of nitrogens with two attached hydrogens (primary N) is 2. The minimum absolute atomic E-state index is 0.0696. The molecule has 0 aliphatic carbocycles. The fraction of sp³-hybridized carbons (Fsp3) is 0.517. The Hall–Kier alpha value is -3.34. The molecule has 3 aliphatic rings. The lowest BCUT2D eigenvalue weighted by Crippen LogP contribution is -2.53. The van der Waals surface area contributed by atoms with Crippen LogP contribution in [0.5, 0.6) is 5.75 Å². The van der Waals surface area contributed by atoms with Crippen molar-refractivity contribution < 1.29 is 14.3 Å². The Morgan fingerprint density at radius 2 is 1.74 bits per heavy atom. The zero-order valence-corrected chi connectivity index (χ0v) is 22.7. The van der Waals surface area contributed by atoms with Crippen molar-refractivity contribution in [3.05, 3.63) is 35.9 Å². The number of fused-ring (bicyclic) bond motifs is 1. The standard InChI is InChI=1S/C29H39N7O3/c1-34-8-4-21(5-9-34)35-10-12-36(13-11-35)25-17-19(2-3-23(25)29(31)37)20-16-24-27(28(30)33-32-24)26(18-20)39-22-6-14-38-15-7-22/h2-3,16-18,21-22H,4-15H2,1H3,(H2,31,37)(H3,30,32,33). The van der Waals surface area contributed by atoms with Gasteiger partial charge in [0.2, 0.25) is 0 Å². The molecule has 0 bridgehead atoms. The normalized spacial score (nSPS) is 20.5. The topological polar surface area (TPSA) is 126 Å². The Balaban J connectivity index is 1.28. The number of H-pyrrole nitrogens is 1. The van der Waals surface area contributed by atoms with Crippen molar-refractivity contribution >= 4 is 28.3 Å². The van der Waals surface area contributed by atoms with Crippen molar-refractivity contribution in [3.63, 3.8) is 0 Å². The molecule has 3 saturated heterocycles. The lowest BCUT2D eigenvalue weighted by molar-refractivity contribution is 0.0262. The number of anilines is 2. The van der Waals surface area contributed by atoms with Gasteiger partial charge in [-0.3, -0.25) is 14.8 Å². The highest BCUT2D eigenvalue weighted by atomic mass is 16.5. The number of aromatic amines is 1. The molecule has 3 fully saturated rings. The molecule has 1 amide bonds. The summed E-state index contributed by atoms with van der Waals surface area (Å²) in [7, 11) is 2.20. The average Bonchev–Trinajstić information content (AvgIpc) is 3.34. The molecule has 10 heteroatoms. The quantitative estimate of drug-likeness (QED) is 0.442. The lowest BCUT2D eigenvalue weighted by atomic mass is 9.99. The van der Waals surface area contributed by atoms with Crippen LogP contribution in [0.2, 0.25) is 0 Å². The van der Waals surface area contributed by atoms with Gasteiger partial charge < -0.3 is 30.7 Å². The molecule has 3 aromatic rings. The van der Waals surface area contributed by atoms with E-state index in [0.717, 1.165) is 79.8 Å². The third-order valence-electron chi connectivity index (χ3n) is 8.57. The van der Waals surface area contributed by atoms with Gasteiger partial charge in [0.1, 0.15) is 11.9 Å². The highest BCUT2D eigenvalue weighted by Crippen LogP contribution is 2.38. The summed E-state index contributed by atoms with van der Waals surface area (Å²) in [5.74, 6) is 0.730. The number of amides is 1. The molecule has 4 heterocycles. The number of rotatable bonds is 6. The molecule has 6 rings (SSSR count). The van der Waals surface area contributed by atoms with E-state index >= 15 is 0 Å². The number of carbonyl (C=O) groups excluding carboxylic acids is 1. The number of piperidine rings is 1. The number of hydrogen-bond acceptors (Lipinski definition) is 8. The molecule has 5 N–H and O–H groups in total. The first-order chi connectivity index (χ1) is 19.0. The molecule has 0 radical (unpaired) electrons. The lowest BCUT2D eigenvalue weighted by Gasteiger charge is -2.43. The van der Waals surface area contributed by atoms with Gasteiger partial charge >= 0.3 is 0 Å². The maximum absolute atomic E-state index is 12.4. The zero-order chi connectivity index (χ0) is 26.9. The summed E-state index contributed by atoms with van der Waals surface area (Å²) in [5.41, 5.74) is 16.3. The minimum atomic E-state index is -0.408. The number of piperazine rings is 1. The van der Waals surface area contributed by atoms with Gasteiger partial charge in [0.15, 0.2) is 5.82 Å². The smallest absolute Gasteiger partial charge is 0.250 e. The van der Waals surface area contributed by atoms with Crippen molar-refractivity contribution in [2.75, 3.05) is 70.2 Å². The molecule has 0 atom stereocenters. The second-order valence-electron chi connectivity index (χ2n) is 11.1. The van der Waals surface area contributed by atoms with E-state index in [0.29, 0.717) is 36.4 Å². The van der Waals surface area contributed by atoms with Crippen molar-refractivity contribution in [3.8, 4) is 16.9 Å². The Labute approximate surface area is 229 Å². The third kappa shape index (κ3) is 5.41. The number of nitrogens with one attached hydrogen (secondary N) is 1. The Morgan fingerprint density at radius 3 is 2.46 bits per heavy atom. The summed E-state index contributed by atoms with van der Waals surface area (Å²) in [5, 5.41) is 8.08. The Bertz CT molecular complexity index is 1320. The van der Waals surface area contributed by atoms with Crippen molar-refractivity contribution in [1.29, 1.82) is 0 Å². The number of nitrogen functional groups attached to an aromatic ring is 1. The average molecular weight is 534 g/mol. The highest BCUT2D eigenvalue weighted by molar-refractivity contribution is 6.01. The van der Waals surface area contributed by atoms with E-state index in [4.69, 9.17) is 20.9 Å². The van der Waals surface area contributed by atoms with Crippen LogP contribution < -0.4 is 21.1 Å². The number of likely N-dealkylation sites (tertiary alicyclic amines) is 1. The van der Waals surface area contributed by atoms with Gasteiger partial charge in [0.25, 0.3) is 5.91 Å². The molecular weight excluding hydrogens is 494 g/mol. The second-order valence-corrected chi connectivity index (χ2v) is 11.1. The summed E-state index contributed by atoms with van der Waals surface area (Å²) in [6.45, 7) is 7.40. The van der Waals surface area contributed by atoms with Gasteiger partial charge in [-0.1, -0.05) is 6.07 Å². The number of nitrogens with zero attached hydrogens (tertiary/aromatic N) is 4. The molecule has 0 spiro atoms. The zero-order valence-electron chi connectivity index (χ0n) is 22.7. The molecule has 3 aliphatic heterocycles. The first-order valence-electron chi connectivity index (χ1n) is 14.1. The van der Waals surface area contributed by atoms with E-state index in [1.54, 1.807) is 0 Å². The van der Waals surface area contributed by atoms with Crippen LogP contribution in [0.15, 0.2) is 30.3 Å². The molecule has 0 saturated carbocycles. The van der Waals surface area contributed by atoms with E-state index in [-0.39, 0.29) is 6.10 Å². The Morgan fingerprint density at radius 1 is 1.00 bits per heavy atom. The number of carbonyl (C=O) groups is 1. The van der Waals surface area contributed by atoms with Crippen molar-refractivity contribution in [2.24, 2.45) is 5.73 Å². The van der Waals surface area contributed by atoms with Crippen LogP contribution in [0.25, 0.3) is 22.0 Å².